The summed E-state index contributed by atoms with van der Waals surface area (Å²) in [6.07, 6.45) is 2.57. The highest BCUT2D eigenvalue weighted by molar-refractivity contribution is 5.86. The molecule has 1 unspecified atom stereocenters. The summed E-state index contributed by atoms with van der Waals surface area (Å²) < 4.78 is 5.38. The number of aromatic nitrogens is 1. The van der Waals surface area contributed by atoms with Gasteiger partial charge in [0.2, 0.25) is 5.91 Å². The van der Waals surface area contributed by atoms with Crippen LogP contribution in [0.1, 0.15) is 51.1 Å². The molecule has 0 aliphatic heterocycles. The molecular formula is C17H31N5O2. The number of aryl methyl sites for hydroxylation is 2. The summed E-state index contributed by atoms with van der Waals surface area (Å²) in [5.74, 6) is 1.51. The Kier molecular flexibility index (Phi) is 8.29. The van der Waals surface area contributed by atoms with Gasteiger partial charge in [0.1, 0.15) is 5.76 Å². The molecule has 0 aliphatic carbocycles. The minimum atomic E-state index is 0.00197. The second-order valence-corrected chi connectivity index (χ2v) is 6.00. The summed E-state index contributed by atoms with van der Waals surface area (Å²) in [4.78, 5) is 18.0. The monoisotopic (exact) mass is 337 g/mol. The van der Waals surface area contributed by atoms with Gasteiger partial charge in [0.25, 0.3) is 0 Å². The number of amides is 1. The number of rotatable bonds is 8. The zero-order valence-electron chi connectivity index (χ0n) is 15.8. The van der Waals surface area contributed by atoms with E-state index in [-0.39, 0.29) is 18.5 Å². The van der Waals surface area contributed by atoms with Crippen LogP contribution in [0.3, 0.4) is 0 Å². The van der Waals surface area contributed by atoms with Crippen LogP contribution in [0.4, 0.5) is 0 Å². The molecule has 0 aliphatic rings. The molecule has 0 bridgehead atoms. The molecule has 24 heavy (non-hydrogen) atoms. The first kappa shape index (κ1) is 20.0. The number of nitrogens with zero attached hydrogens (tertiary/aromatic N) is 3. The van der Waals surface area contributed by atoms with Gasteiger partial charge < -0.3 is 20.1 Å². The molecule has 1 rings (SSSR count). The van der Waals surface area contributed by atoms with E-state index in [4.69, 9.17) is 4.52 Å². The van der Waals surface area contributed by atoms with Crippen molar-refractivity contribution in [2.24, 2.45) is 4.99 Å². The van der Waals surface area contributed by atoms with Gasteiger partial charge in [-0.3, -0.25) is 4.79 Å². The minimum absolute atomic E-state index is 0.00197. The van der Waals surface area contributed by atoms with E-state index in [1.165, 1.54) is 0 Å². The molecule has 1 aromatic heterocycles. The number of nitrogens with one attached hydrogen (secondary N) is 2. The van der Waals surface area contributed by atoms with Crippen molar-refractivity contribution in [1.29, 1.82) is 0 Å². The average Bonchev–Trinajstić information content (AvgIpc) is 2.98. The van der Waals surface area contributed by atoms with Crippen LogP contribution < -0.4 is 10.6 Å². The van der Waals surface area contributed by atoms with E-state index in [1.54, 1.807) is 19.0 Å². The van der Waals surface area contributed by atoms with Crippen molar-refractivity contribution >= 4 is 11.9 Å². The van der Waals surface area contributed by atoms with Gasteiger partial charge in [-0.1, -0.05) is 25.9 Å². The van der Waals surface area contributed by atoms with E-state index < -0.39 is 0 Å². The molecule has 0 saturated heterocycles. The summed E-state index contributed by atoms with van der Waals surface area (Å²) >= 11 is 0. The van der Waals surface area contributed by atoms with Crippen molar-refractivity contribution in [3.05, 3.63) is 17.0 Å². The molecule has 7 nitrogen and oxygen atoms in total. The molecule has 2 N–H and O–H groups in total. The lowest BCUT2D eigenvalue weighted by Gasteiger charge is -2.18. The molecule has 0 saturated carbocycles. The van der Waals surface area contributed by atoms with E-state index in [9.17, 15) is 4.79 Å². The fraction of sp³-hybridized carbons (Fsp3) is 0.706. The fourth-order valence-corrected chi connectivity index (χ4v) is 2.08. The van der Waals surface area contributed by atoms with Gasteiger partial charge >= 0.3 is 0 Å². The third-order valence-electron chi connectivity index (χ3n) is 3.90. The predicted octanol–water partition coefficient (Wildman–Crippen LogP) is 1.72. The number of hydrogen-bond acceptors (Lipinski definition) is 4. The Labute approximate surface area is 144 Å². The Morgan fingerprint density at radius 2 is 2.00 bits per heavy atom. The SMILES string of the molecule is CCc1noc(CC)c1CN=C(NCC(=O)N(C)C)NC(C)CC. The van der Waals surface area contributed by atoms with Gasteiger partial charge in [-0.15, -0.1) is 0 Å². The summed E-state index contributed by atoms with van der Waals surface area (Å²) in [7, 11) is 3.47. The molecule has 136 valence electrons. The van der Waals surface area contributed by atoms with E-state index in [0.717, 1.165) is 36.3 Å². The van der Waals surface area contributed by atoms with Gasteiger partial charge in [-0.25, -0.2) is 4.99 Å². The number of guanidine groups is 1. The van der Waals surface area contributed by atoms with Crippen molar-refractivity contribution in [1.82, 2.24) is 20.7 Å². The quantitative estimate of drug-likeness (QED) is 0.557. The lowest BCUT2D eigenvalue weighted by atomic mass is 10.1. The molecule has 0 radical (unpaired) electrons. The van der Waals surface area contributed by atoms with Crippen LogP contribution in [-0.2, 0) is 24.2 Å². The van der Waals surface area contributed by atoms with Crippen LogP contribution in [0.15, 0.2) is 9.52 Å². The van der Waals surface area contributed by atoms with E-state index in [1.807, 2.05) is 6.92 Å². The van der Waals surface area contributed by atoms with E-state index >= 15 is 0 Å². The van der Waals surface area contributed by atoms with Crippen molar-refractivity contribution in [2.75, 3.05) is 20.6 Å². The summed E-state index contributed by atoms with van der Waals surface area (Å²) in [6, 6.07) is 0.268. The second kappa shape index (κ2) is 9.95. The number of aliphatic imine (C=N–C) groups is 1. The Morgan fingerprint density at radius 1 is 1.29 bits per heavy atom. The zero-order valence-corrected chi connectivity index (χ0v) is 15.8. The van der Waals surface area contributed by atoms with Gasteiger partial charge in [0, 0.05) is 32.1 Å². The Bertz CT molecular complexity index is 530. The molecule has 0 spiro atoms. The molecule has 7 heteroatoms. The van der Waals surface area contributed by atoms with Crippen molar-refractivity contribution in [3.63, 3.8) is 0 Å². The Morgan fingerprint density at radius 3 is 2.54 bits per heavy atom. The lowest BCUT2D eigenvalue weighted by Crippen LogP contribution is -2.45. The van der Waals surface area contributed by atoms with Gasteiger partial charge in [-0.05, 0) is 19.8 Å². The summed E-state index contributed by atoms with van der Waals surface area (Å²) in [6.45, 7) is 8.97. The predicted molar refractivity (Wildman–Crippen MR) is 96.0 cm³/mol. The molecule has 0 aromatic carbocycles. The van der Waals surface area contributed by atoms with Crippen LogP contribution in [0.5, 0.6) is 0 Å². The maximum atomic E-state index is 11.8. The fourth-order valence-electron chi connectivity index (χ4n) is 2.08. The highest BCUT2D eigenvalue weighted by Crippen LogP contribution is 2.16. The highest BCUT2D eigenvalue weighted by Gasteiger charge is 2.14. The molecular weight excluding hydrogens is 306 g/mol. The first-order chi connectivity index (χ1) is 11.4. The molecule has 1 amide bonds. The highest BCUT2D eigenvalue weighted by atomic mass is 16.5. The van der Waals surface area contributed by atoms with Crippen LogP contribution in [-0.4, -0.2) is 48.6 Å². The molecule has 1 atom stereocenters. The largest absolute Gasteiger partial charge is 0.361 e. The maximum Gasteiger partial charge on any atom is 0.241 e. The van der Waals surface area contributed by atoms with Crippen LogP contribution in [0.2, 0.25) is 0 Å². The number of hydrogen-bond donors (Lipinski definition) is 2. The number of carbonyl (C=O) groups excluding carboxylic acids is 1. The zero-order chi connectivity index (χ0) is 18.1. The third kappa shape index (κ3) is 5.86. The number of likely N-dealkylation sites (N-methyl/N-ethyl adjacent to an activating group) is 1. The van der Waals surface area contributed by atoms with E-state index in [0.29, 0.717) is 12.5 Å². The van der Waals surface area contributed by atoms with Gasteiger partial charge in [0.05, 0.1) is 18.8 Å². The van der Waals surface area contributed by atoms with Gasteiger partial charge in [0.15, 0.2) is 5.96 Å². The molecule has 1 aromatic rings. The van der Waals surface area contributed by atoms with Crippen molar-refractivity contribution < 1.29 is 9.32 Å². The van der Waals surface area contributed by atoms with Crippen molar-refractivity contribution in [3.8, 4) is 0 Å². The lowest BCUT2D eigenvalue weighted by molar-refractivity contribution is -0.127. The normalized spacial score (nSPS) is 12.8. The standard InChI is InChI=1S/C17H31N5O2/c1-7-12(4)20-17(19-11-16(23)22(5)6)18-10-13-14(8-2)21-24-15(13)9-3/h12H,7-11H2,1-6H3,(H2,18,19,20). The van der Waals surface area contributed by atoms with E-state index in [2.05, 4.69) is 41.6 Å². The van der Waals surface area contributed by atoms with Crippen LogP contribution in [0, 0.1) is 0 Å². The third-order valence-corrected chi connectivity index (χ3v) is 3.90. The minimum Gasteiger partial charge on any atom is -0.361 e. The smallest absolute Gasteiger partial charge is 0.241 e. The maximum absolute atomic E-state index is 11.8. The molecule has 1 heterocycles. The van der Waals surface area contributed by atoms with Crippen LogP contribution in [0.25, 0.3) is 0 Å². The summed E-state index contributed by atoms with van der Waals surface area (Å²) in [5.41, 5.74) is 1.99. The van der Waals surface area contributed by atoms with Crippen LogP contribution >= 0.6 is 0 Å². The Balaban J connectivity index is 2.87. The van der Waals surface area contributed by atoms with Gasteiger partial charge in [-0.2, -0.15) is 0 Å². The topological polar surface area (TPSA) is 82.8 Å². The average molecular weight is 337 g/mol. The number of carbonyl (C=O) groups is 1. The Hall–Kier alpha value is -2.05. The first-order valence-corrected chi connectivity index (χ1v) is 8.64. The summed E-state index contributed by atoms with van der Waals surface area (Å²) in [5, 5.41) is 10.5. The van der Waals surface area contributed by atoms with Crippen molar-refractivity contribution in [2.45, 2.75) is 59.5 Å². The second-order valence-electron chi connectivity index (χ2n) is 6.00. The molecule has 0 fully saturated rings. The first-order valence-electron chi connectivity index (χ1n) is 8.64.